The van der Waals surface area contributed by atoms with Gasteiger partial charge in [-0.25, -0.2) is 0 Å². The van der Waals surface area contributed by atoms with Crippen molar-refractivity contribution >= 4 is 11.8 Å². The van der Waals surface area contributed by atoms with Crippen LogP contribution in [0.3, 0.4) is 0 Å². The summed E-state index contributed by atoms with van der Waals surface area (Å²) >= 11 is 1.64. The summed E-state index contributed by atoms with van der Waals surface area (Å²) in [5.41, 5.74) is 0. The molecule has 1 saturated heterocycles. The number of nitriles is 1. The first-order valence-corrected chi connectivity index (χ1v) is 3.65. The van der Waals surface area contributed by atoms with E-state index in [4.69, 9.17) is 10.00 Å². The van der Waals surface area contributed by atoms with Crippen molar-refractivity contribution in [1.82, 2.24) is 0 Å². The third kappa shape index (κ3) is 2.20. The first kappa shape index (κ1) is 5.93. The van der Waals surface area contributed by atoms with Crippen LogP contribution in [-0.4, -0.2) is 24.2 Å². The molecule has 0 bridgehead atoms. The van der Waals surface area contributed by atoms with E-state index in [-0.39, 0.29) is 0 Å². The maximum absolute atomic E-state index is 8.09. The Bertz CT molecular complexity index is 105. The van der Waals surface area contributed by atoms with Crippen LogP contribution in [0.1, 0.15) is 0 Å². The number of rotatable bonds is 3. The van der Waals surface area contributed by atoms with Gasteiger partial charge in [0.05, 0.1) is 24.5 Å². The Morgan fingerprint density at radius 3 is 3.12 bits per heavy atom. The van der Waals surface area contributed by atoms with Crippen LogP contribution in [0.25, 0.3) is 0 Å². The highest BCUT2D eigenvalue weighted by atomic mass is 32.2. The third-order valence-electron chi connectivity index (χ3n) is 0.873. The number of thioether (sulfide) groups is 1. The lowest BCUT2D eigenvalue weighted by Gasteiger charge is -1.85. The van der Waals surface area contributed by atoms with E-state index < -0.39 is 0 Å². The molecule has 1 unspecified atom stereocenters. The van der Waals surface area contributed by atoms with Gasteiger partial charge in [0.15, 0.2) is 0 Å². The molecule has 0 aromatic heterocycles. The molecule has 0 N–H and O–H groups in total. The van der Waals surface area contributed by atoms with E-state index in [1.165, 1.54) is 0 Å². The van der Waals surface area contributed by atoms with E-state index in [0.717, 1.165) is 12.4 Å². The lowest BCUT2D eigenvalue weighted by molar-refractivity contribution is 0.426. The first-order chi connectivity index (χ1) is 3.93. The minimum absolute atomic E-state index is 0.466. The summed E-state index contributed by atoms with van der Waals surface area (Å²) in [5.74, 6) is 1.59. The summed E-state index contributed by atoms with van der Waals surface area (Å²) < 4.78 is 4.92. The fourth-order valence-corrected chi connectivity index (χ4v) is 1.06. The minimum atomic E-state index is 0.466. The van der Waals surface area contributed by atoms with Crippen molar-refractivity contribution in [3.8, 4) is 6.07 Å². The fraction of sp³-hybridized carbons (Fsp3) is 0.800. The van der Waals surface area contributed by atoms with Crippen molar-refractivity contribution in [1.29, 1.82) is 5.26 Å². The lowest BCUT2D eigenvalue weighted by atomic mass is 10.6. The summed E-state index contributed by atoms with van der Waals surface area (Å²) in [4.78, 5) is 0. The highest BCUT2D eigenvalue weighted by Gasteiger charge is 2.21. The molecule has 2 nitrogen and oxygen atoms in total. The third-order valence-corrected chi connectivity index (χ3v) is 1.81. The molecule has 0 aromatic rings. The van der Waals surface area contributed by atoms with E-state index >= 15 is 0 Å². The SMILES string of the molecule is N#CCSCC1CO1. The molecule has 8 heavy (non-hydrogen) atoms. The number of ether oxygens (including phenoxy) is 1. The quantitative estimate of drug-likeness (QED) is 0.414. The maximum atomic E-state index is 8.09. The van der Waals surface area contributed by atoms with Crippen LogP contribution in [0.2, 0.25) is 0 Å². The molecule has 0 saturated carbocycles. The zero-order chi connectivity index (χ0) is 5.82. The molecule has 0 spiro atoms. The molecule has 1 heterocycles. The van der Waals surface area contributed by atoms with Crippen molar-refractivity contribution in [3.63, 3.8) is 0 Å². The van der Waals surface area contributed by atoms with E-state index in [1.807, 2.05) is 0 Å². The summed E-state index contributed by atoms with van der Waals surface area (Å²) in [6.07, 6.45) is 0.466. The van der Waals surface area contributed by atoms with Gasteiger partial charge in [0.25, 0.3) is 0 Å². The number of nitrogens with zero attached hydrogens (tertiary/aromatic N) is 1. The molecule has 44 valence electrons. The van der Waals surface area contributed by atoms with Crippen LogP contribution in [0, 0.1) is 11.3 Å². The molecule has 0 amide bonds. The molecule has 1 atom stereocenters. The standard InChI is InChI=1S/C5H7NOS/c6-1-2-8-4-5-3-7-5/h5H,2-4H2. The van der Waals surface area contributed by atoms with Crippen LogP contribution >= 0.6 is 11.8 Å². The van der Waals surface area contributed by atoms with Gasteiger partial charge in [-0.2, -0.15) is 5.26 Å². The van der Waals surface area contributed by atoms with Crippen molar-refractivity contribution in [2.24, 2.45) is 0 Å². The summed E-state index contributed by atoms with van der Waals surface area (Å²) in [6.45, 7) is 0.901. The molecule has 0 aromatic carbocycles. The Hall–Kier alpha value is -0.200. The predicted octanol–water partition coefficient (Wildman–Crippen LogP) is 0.642. The van der Waals surface area contributed by atoms with Crippen molar-refractivity contribution in [2.45, 2.75) is 6.10 Å². The number of hydrogen-bond acceptors (Lipinski definition) is 3. The van der Waals surface area contributed by atoms with Gasteiger partial charge < -0.3 is 4.74 Å². The molecular formula is C5H7NOS. The van der Waals surface area contributed by atoms with Crippen molar-refractivity contribution in [3.05, 3.63) is 0 Å². The van der Waals surface area contributed by atoms with Gasteiger partial charge in [-0.3, -0.25) is 0 Å². The maximum Gasteiger partial charge on any atom is 0.0900 e. The first-order valence-electron chi connectivity index (χ1n) is 2.50. The van der Waals surface area contributed by atoms with Gasteiger partial charge in [0, 0.05) is 5.75 Å². The summed E-state index contributed by atoms with van der Waals surface area (Å²) in [5, 5.41) is 8.09. The topological polar surface area (TPSA) is 36.3 Å². The number of hydrogen-bond donors (Lipinski definition) is 0. The van der Waals surface area contributed by atoms with Gasteiger partial charge in [-0.1, -0.05) is 0 Å². The Kier molecular flexibility index (Phi) is 2.19. The molecule has 0 radical (unpaired) electrons. The second-order valence-corrected chi connectivity index (χ2v) is 2.66. The average molecular weight is 129 g/mol. The molecule has 1 rings (SSSR count). The van der Waals surface area contributed by atoms with Gasteiger partial charge in [0.1, 0.15) is 0 Å². The van der Waals surface area contributed by atoms with Crippen LogP contribution in [0.5, 0.6) is 0 Å². The molecule has 1 fully saturated rings. The second-order valence-electron chi connectivity index (χ2n) is 1.63. The highest BCUT2D eigenvalue weighted by Crippen LogP contribution is 2.14. The zero-order valence-electron chi connectivity index (χ0n) is 4.46. The smallest absolute Gasteiger partial charge is 0.0900 e. The highest BCUT2D eigenvalue weighted by molar-refractivity contribution is 7.99. The lowest BCUT2D eigenvalue weighted by Crippen LogP contribution is -1.88. The van der Waals surface area contributed by atoms with E-state index in [1.54, 1.807) is 11.8 Å². The predicted molar refractivity (Wildman–Crippen MR) is 32.7 cm³/mol. The second kappa shape index (κ2) is 2.95. The Morgan fingerprint density at radius 1 is 1.88 bits per heavy atom. The summed E-state index contributed by atoms with van der Waals surface area (Å²) in [6, 6.07) is 2.06. The van der Waals surface area contributed by atoms with Crippen molar-refractivity contribution < 1.29 is 4.74 Å². The molecule has 3 heteroatoms. The average Bonchev–Trinajstić information content (AvgIpc) is 2.51. The van der Waals surface area contributed by atoms with Gasteiger partial charge in [0.2, 0.25) is 0 Å². The van der Waals surface area contributed by atoms with Crippen molar-refractivity contribution in [2.75, 3.05) is 18.1 Å². The molecular weight excluding hydrogens is 122 g/mol. The van der Waals surface area contributed by atoms with Crippen LogP contribution < -0.4 is 0 Å². The Balaban J connectivity index is 1.83. The van der Waals surface area contributed by atoms with Crippen LogP contribution in [-0.2, 0) is 4.74 Å². The van der Waals surface area contributed by atoms with Crippen LogP contribution in [0.4, 0.5) is 0 Å². The Morgan fingerprint density at radius 2 is 2.62 bits per heavy atom. The van der Waals surface area contributed by atoms with E-state index in [2.05, 4.69) is 6.07 Å². The number of epoxide rings is 1. The largest absolute Gasteiger partial charge is 0.372 e. The summed E-state index contributed by atoms with van der Waals surface area (Å²) in [7, 11) is 0. The molecule has 0 aliphatic carbocycles. The van der Waals surface area contributed by atoms with Gasteiger partial charge in [-0.05, 0) is 0 Å². The van der Waals surface area contributed by atoms with Gasteiger partial charge in [-0.15, -0.1) is 11.8 Å². The molecule has 1 aliphatic rings. The Labute approximate surface area is 52.8 Å². The van der Waals surface area contributed by atoms with Gasteiger partial charge >= 0.3 is 0 Å². The fourth-order valence-electron chi connectivity index (χ4n) is 0.400. The monoisotopic (exact) mass is 129 g/mol. The van der Waals surface area contributed by atoms with E-state index in [9.17, 15) is 0 Å². The van der Waals surface area contributed by atoms with E-state index in [0.29, 0.717) is 11.9 Å². The molecule has 1 aliphatic heterocycles. The van der Waals surface area contributed by atoms with Crippen LogP contribution in [0.15, 0.2) is 0 Å². The minimum Gasteiger partial charge on any atom is -0.372 e. The normalized spacial score (nSPS) is 24.6. The zero-order valence-corrected chi connectivity index (χ0v) is 5.28.